The first-order chi connectivity index (χ1) is 5.74. The zero-order valence-electron chi connectivity index (χ0n) is 7.92. The number of hydrogen-bond acceptors (Lipinski definition) is 3. The van der Waals surface area contributed by atoms with Crippen molar-refractivity contribution in [1.82, 2.24) is 5.32 Å². The maximum Gasteiger partial charge on any atom is 0.0693 e. The number of hydrogen-bond donors (Lipinski definition) is 2. The highest BCUT2D eigenvalue weighted by atomic mass is 32.2. The third kappa shape index (κ3) is 2.96. The summed E-state index contributed by atoms with van der Waals surface area (Å²) >= 11 is 1.85. The van der Waals surface area contributed by atoms with Crippen LogP contribution in [0.15, 0.2) is 0 Å². The van der Waals surface area contributed by atoms with Gasteiger partial charge in [-0.25, -0.2) is 0 Å². The van der Waals surface area contributed by atoms with Crippen LogP contribution in [0, 0.1) is 0 Å². The normalized spacial score (nSPS) is 32.2. The summed E-state index contributed by atoms with van der Waals surface area (Å²) in [5.41, 5.74) is 0. The van der Waals surface area contributed by atoms with Crippen LogP contribution >= 0.6 is 11.8 Å². The van der Waals surface area contributed by atoms with Crippen molar-refractivity contribution in [3.05, 3.63) is 0 Å². The third-order valence-electron chi connectivity index (χ3n) is 2.39. The molecule has 1 rings (SSSR count). The van der Waals surface area contributed by atoms with E-state index in [2.05, 4.69) is 18.5 Å². The number of aliphatic hydroxyl groups is 1. The molecule has 1 aliphatic carbocycles. The SMILES string of the molecule is CSCC(C)N[C@H]1CCC[C@@H]1O. The minimum Gasteiger partial charge on any atom is -0.392 e. The first kappa shape index (κ1) is 10.4. The molecule has 0 bridgehead atoms. The Kier molecular flexibility index (Phi) is 4.40. The van der Waals surface area contributed by atoms with Gasteiger partial charge in [0.2, 0.25) is 0 Å². The average Bonchev–Trinajstić information content (AvgIpc) is 2.37. The van der Waals surface area contributed by atoms with E-state index in [1.54, 1.807) is 0 Å². The van der Waals surface area contributed by atoms with Gasteiger partial charge in [-0.2, -0.15) is 11.8 Å². The largest absolute Gasteiger partial charge is 0.392 e. The van der Waals surface area contributed by atoms with Crippen molar-refractivity contribution in [2.24, 2.45) is 0 Å². The van der Waals surface area contributed by atoms with Gasteiger partial charge >= 0.3 is 0 Å². The van der Waals surface area contributed by atoms with E-state index in [1.165, 1.54) is 6.42 Å². The number of rotatable bonds is 4. The van der Waals surface area contributed by atoms with Gasteiger partial charge in [0.25, 0.3) is 0 Å². The van der Waals surface area contributed by atoms with E-state index >= 15 is 0 Å². The number of aliphatic hydroxyl groups excluding tert-OH is 1. The molecule has 0 heterocycles. The summed E-state index contributed by atoms with van der Waals surface area (Å²) in [5, 5.41) is 13.0. The lowest BCUT2D eigenvalue weighted by Gasteiger charge is -2.21. The van der Waals surface area contributed by atoms with Crippen LogP contribution in [0.4, 0.5) is 0 Å². The van der Waals surface area contributed by atoms with Gasteiger partial charge < -0.3 is 10.4 Å². The zero-order chi connectivity index (χ0) is 8.97. The fraction of sp³-hybridized carbons (Fsp3) is 1.00. The Balaban J connectivity index is 2.20. The quantitative estimate of drug-likeness (QED) is 0.698. The minimum atomic E-state index is -0.102. The van der Waals surface area contributed by atoms with Crippen LogP contribution < -0.4 is 5.32 Å². The molecule has 0 aromatic rings. The van der Waals surface area contributed by atoms with E-state index in [-0.39, 0.29) is 6.10 Å². The molecular formula is C9H19NOS. The lowest BCUT2D eigenvalue weighted by Crippen LogP contribution is -2.42. The molecule has 2 nitrogen and oxygen atoms in total. The second-order valence-electron chi connectivity index (χ2n) is 3.63. The third-order valence-corrected chi connectivity index (χ3v) is 3.23. The van der Waals surface area contributed by atoms with Crippen molar-refractivity contribution in [2.75, 3.05) is 12.0 Å². The van der Waals surface area contributed by atoms with Crippen molar-refractivity contribution in [1.29, 1.82) is 0 Å². The molecular weight excluding hydrogens is 170 g/mol. The maximum absolute atomic E-state index is 9.54. The topological polar surface area (TPSA) is 32.3 Å². The standard InChI is InChI=1S/C9H19NOS/c1-7(6-12-2)10-8-4-3-5-9(8)11/h7-11H,3-6H2,1-2H3/t7?,8-,9-/m0/s1. The second kappa shape index (κ2) is 5.10. The lowest BCUT2D eigenvalue weighted by atomic mass is 10.2. The van der Waals surface area contributed by atoms with Crippen molar-refractivity contribution in [2.45, 2.75) is 44.4 Å². The molecule has 0 aromatic heterocycles. The highest BCUT2D eigenvalue weighted by Crippen LogP contribution is 2.19. The fourth-order valence-corrected chi connectivity index (χ4v) is 2.39. The average molecular weight is 189 g/mol. The zero-order valence-corrected chi connectivity index (χ0v) is 8.73. The van der Waals surface area contributed by atoms with Gasteiger partial charge in [0.05, 0.1) is 6.10 Å². The molecule has 1 unspecified atom stereocenters. The summed E-state index contributed by atoms with van der Waals surface area (Å²) < 4.78 is 0. The Morgan fingerprint density at radius 1 is 1.58 bits per heavy atom. The molecule has 1 fully saturated rings. The Hall–Kier alpha value is 0.270. The van der Waals surface area contributed by atoms with Crippen molar-refractivity contribution in [3.8, 4) is 0 Å². The van der Waals surface area contributed by atoms with Crippen molar-refractivity contribution in [3.63, 3.8) is 0 Å². The predicted molar refractivity (Wildman–Crippen MR) is 54.6 cm³/mol. The molecule has 3 atom stereocenters. The predicted octanol–water partition coefficient (Wildman–Crippen LogP) is 1.24. The molecule has 0 saturated heterocycles. The lowest BCUT2D eigenvalue weighted by molar-refractivity contribution is 0.145. The van der Waals surface area contributed by atoms with E-state index in [0.717, 1.165) is 18.6 Å². The molecule has 72 valence electrons. The summed E-state index contributed by atoms with van der Waals surface area (Å²) in [7, 11) is 0. The molecule has 0 spiro atoms. The number of thioether (sulfide) groups is 1. The summed E-state index contributed by atoms with van der Waals surface area (Å²) in [6.45, 7) is 2.18. The van der Waals surface area contributed by atoms with Gasteiger partial charge in [-0.1, -0.05) is 0 Å². The van der Waals surface area contributed by atoms with Gasteiger partial charge in [-0.15, -0.1) is 0 Å². The van der Waals surface area contributed by atoms with Crippen LogP contribution in [0.2, 0.25) is 0 Å². The smallest absolute Gasteiger partial charge is 0.0693 e. The molecule has 12 heavy (non-hydrogen) atoms. The van der Waals surface area contributed by atoms with Crippen LogP contribution in [0.1, 0.15) is 26.2 Å². The van der Waals surface area contributed by atoms with E-state index in [0.29, 0.717) is 12.1 Å². The number of nitrogens with one attached hydrogen (secondary N) is 1. The molecule has 3 heteroatoms. The van der Waals surface area contributed by atoms with Crippen LogP contribution in [0.25, 0.3) is 0 Å². The minimum absolute atomic E-state index is 0.102. The Bertz CT molecular complexity index is 132. The highest BCUT2D eigenvalue weighted by Gasteiger charge is 2.25. The molecule has 1 aliphatic rings. The molecule has 0 radical (unpaired) electrons. The first-order valence-electron chi connectivity index (χ1n) is 4.67. The summed E-state index contributed by atoms with van der Waals surface area (Å²) in [6, 6.07) is 0.880. The van der Waals surface area contributed by atoms with Crippen LogP contribution in [-0.4, -0.2) is 35.3 Å². The molecule has 1 saturated carbocycles. The Labute approximate surface area is 79.1 Å². The Morgan fingerprint density at radius 2 is 2.33 bits per heavy atom. The highest BCUT2D eigenvalue weighted by molar-refractivity contribution is 7.98. The van der Waals surface area contributed by atoms with Gasteiger partial charge in [-0.3, -0.25) is 0 Å². The van der Waals surface area contributed by atoms with Crippen LogP contribution in [0.3, 0.4) is 0 Å². The molecule has 0 amide bonds. The van der Waals surface area contributed by atoms with Gasteiger partial charge in [0.15, 0.2) is 0 Å². The molecule has 0 aromatic carbocycles. The van der Waals surface area contributed by atoms with Gasteiger partial charge in [0.1, 0.15) is 0 Å². The monoisotopic (exact) mass is 189 g/mol. The Morgan fingerprint density at radius 3 is 2.83 bits per heavy atom. The molecule has 0 aliphatic heterocycles. The van der Waals surface area contributed by atoms with E-state index < -0.39 is 0 Å². The molecule has 2 N–H and O–H groups in total. The van der Waals surface area contributed by atoms with E-state index in [4.69, 9.17) is 0 Å². The van der Waals surface area contributed by atoms with E-state index in [1.807, 2.05) is 11.8 Å². The fourth-order valence-electron chi connectivity index (χ4n) is 1.80. The summed E-state index contributed by atoms with van der Waals surface area (Å²) in [5.74, 6) is 1.13. The van der Waals surface area contributed by atoms with Crippen molar-refractivity contribution < 1.29 is 5.11 Å². The van der Waals surface area contributed by atoms with Gasteiger partial charge in [0, 0.05) is 17.8 Å². The maximum atomic E-state index is 9.54. The van der Waals surface area contributed by atoms with E-state index in [9.17, 15) is 5.11 Å². The summed E-state index contributed by atoms with van der Waals surface area (Å²) in [4.78, 5) is 0. The van der Waals surface area contributed by atoms with Crippen LogP contribution in [0.5, 0.6) is 0 Å². The van der Waals surface area contributed by atoms with Crippen molar-refractivity contribution >= 4 is 11.8 Å². The second-order valence-corrected chi connectivity index (χ2v) is 4.54. The first-order valence-corrected chi connectivity index (χ1v) is 6.06. The van der Waals surface area contributed by atoms with Gasteiger partial charge in [-0.05, 0) is 32.4 Å². The summed E-state index contributed by atoms with van der Waals surface area (Å²) in [6.07, 6.45) is 5.30. The van der Waals surface area contributed by atoms with Crippen LogP contribution in [-0.2, 0) is 0 Å².